The summed E-state index contributed by atoms with van der Waals surface area (Å²) < 4.78 is 0. The van der Waals surface area contributed by atoms with Gasteiger partial charge in [0.15, 0.2) is 5.78 Å². The topological polar surface area (TPSA) is 66.0 Å². The molecule has 2 N–H and O–H groups in total. The fraction of sp³-hybridized carbons (Fsp3) is 0.100. The van der Waals surface area contributed by atoms with E-state index in [1.807, 2.05) is 43.3 Å². The van der Waals surface area contributed by atoms with Crippen LogP contribution in [0.3, 0.4) is 0 Å². The molecule has 2 aromatic heterocycles. The van der Waals surface area contributed by atoms with Crippen LogP contribution in [-0.2, 0) is 0 Å². The smallest absolute Gasteiger partial charge is 0.162 e. The van der Waals surface area contributed by atoms with Crippen LogP contribution < -0.4 is 0 Å². The summed E-state index contributed by atoms with van der Waals surface area (Å²) in [5, 5.41) is 12.4. The highest BCUT2D eigenvalue weighted by atomic mass is 35.5. The van der Waals surface area contributed by atoms with Crippen molar-refractivity contribution in [1.82, 2.24) is 9.97 Å². The molecule has 0 atom stereocenters. The Hall–Kier alpha value is -2.85. The first kappa shape index (κ1) is 15.7. The van der Waals surface area contributed by atoms with Crippen molar-refractivity contribution >= 4 is 39.3 Å². The monoisotopic (exact) mass is 350 g/mol. The first-order valence-corrected chi connectivity index (χ1v) is 8.39. The van der Waals surface area contributed by atoms with Gasteiger partial charge in [-0.3, -0.25) is 4.79 Å². The molecule has 0 spiro atoms. The second-order valence-electron chi connectivity index (χ2n) is 5.91. The average molecular weight is 351 g/mol. The maximum Gasteiger partial charge on any atom is 0.162 e. The third-order valence-corrected chi connectivity index (χ3v) is 4.57. The van der Waals surface area contributed by atoms with Gasteiger partial charge in [0.2, 0.25) is 0 Å². The SMILES string of the molecule is CCC(=O)c1cccc(-c2ccc(O)c3[nH]c4ncc(Cl)cc4c23)c1. The number of rotatable bonds is 3. The molecule has 0 aliphatic rings. The molecule has 4 rings (SSSR count). The normalized spacial score (nSPS) is 11.3. The van der Waals surface area contributed by atoms with E-state index < -0.39 is 0 Å². The van der Waals surface area contributed by atoms with Crippen molar-refractivity contribution in [2.45, 2.75) is 13.3 Å². The molecular weight excluding hydrogens is 336 g/mol. The van der Waals surface area contributed by atoms with Gasteiger partial charge < -0.3 is 10.1 Å². The largest absolute Gasteiger partial charge is 0.506 e. The Morgan fingerprint density at radius 3 is 2.88 bits per heavy atom. The molecule has 0 aliphatic carbocycles. The predicted molar refractivity (Wildman–Crippen MR) is 100 cm³/mol. The van der Waals surface area contributed by atoms with Gasteiger partial charge in [-0.25, -0.2) is 4.98 Å². The van der Waals surface area contributed by atoms with Crippen LogP contribution >= 0.6 is 11.6 Å². The second-order valence-corrected chi connectivity index (χ2v) is 6.35. The van der Waals surface area contributed by atoms with Crippen LogP contribution in [0.25, 0.3) is 33.1 Å². The molecule has 0 radical (unpaired) electrons. The summed E-state index contributed by atoms with van der Waals surface area (Å²) in [6, 6.07) is 12.8. The van der Waals surface area contributed by atoms with Crippen molar-refractivity contribution in [2.75, 3.05) is 0 Å². The number of halogens is 1. The summed E-state index contributed by atoms with van der Waals surface area (Å²) >= 11 is 6.12. The summed E-state index contributed by atoms with van der Waals surface area (Å²) in [6.45, 7) is 1.85. The summed E-state index contributed by atoms with van der Waals surface area (Å²) in [6.07, 6.45) is 2.03. The number of aromatic hydroxyl groups is 1. The van der Waals surface area contributed by atoms with E-state index in [1.54, 1.807) is 12.3 Å². The first-order chi connectivity index (χ1) is 12.1. The Labute approximate surface area is 149 Å². The number of phenolic OH excluding ortho intramolecular Hbond substituents is 1. The number of hydrogen-bond acceptors (Lipinski definition) is 3. The van der Waals surface area contributed by atoms with Gasteiger partial charge in [0.05, 0.1) is 10.5 Å². The lowest BCUT2D eigenvalue weighted by Crippen LogP contribution is -1.96. The van der Waals surface area contributed by atoms with E-state index in [4.69, 9.17) is 11.6 Å². The van der Waals surface area contributed by atoms with E-state index >= 15 is 0 Å². The van der Waals surface area contributed by atoms with Gasteiger partial charge in [0, 0.05) is 29.0 Å². The number of aromatic nitrogens is 2. The van der Waals surface area contributed by atoms with Crippen LogP contribution in [-0.4, -0.2) is 20.9 Å². The second kappa shape index (κ2) is 5.90. The zero-order valence-electron chi connectivity index (χ0n) is 13.5. The maximum atomic E-state index is 12.0. The highest BCUT2D eigenvalue weighted by Crippen LogP contribution is 2.39. The van der Waals surface area contributed by atoms with E-state index in [2.05, 4.69) is 9.97 Å². The van der Waals surface area contributed by atoms with Crippen molar-refractivity contribution in [3.8, 4) is 16.9 Å². The number of pyridine rings is 1. The van der Waals surface area contributed by atoms with Gasteiger partial charge in [0.25, 0.3) is 0 Å². The minimum Gasteiger partial charge on any atom is -0.506 e. The van der Waals surface area contributed by atoms with Crippen LogP contribution in [0.15, 0.2) is 48.7 Å². The van der Waals surface area contributed by atoms with Crippen LogP contribution in [0.4, 0.5) is 0 Å². The summed E-state index contributed by atoms with van der Waals surface area (Å²) in [5.74, 6) is 0.245. The molecule has 25 heavy (non-hydrogen) atoms. The van der Waals surface area contributed by atoms with Crippen LogP contribution in [0.1, 0.15) is 23.7 Å². The molecule has 2 heterocycles. The van der Waals surface area contributed by atoms with Crippen LogP contribution in [0.5, 0.6) is 5.75 Å². The molecule has 0 bridgehead atoms. The number of phenols is 1. The van der Waals surface area contributed by atoms with E-state index in [0.29, 0.717) is 28.2 Å². The van der Waals surface area contributed by atoms with Crippen LogP contribution in [0, 0.1) is 0 Å². The lowest BCUT2D eigenvalue weighted by molar-refractivity contribution is 0.0988. The first-order valence-electron chi connectivity index (χ1n) is 8.01. The Kier molecular flexibility index (Phi) is 3.70. The van der Waals surface area contributed by atoms with Crippen molar-refractivity contribution in [3.63, 3.8) is 0 Å². The van der Waals surface area contributed by atoms with Gasteiger partial charge in [0.1, 0.15) is 11.4 Å². The van der Waals surface area contributed by atoms with E-state index in [9.17, 15) is 9.90 Å². The summed E-state index contributed by atoms with van der Waals surface area (Å²) in [5.41, 5.74) is 3.76. The molecule has 4 nitrogen and oxygen atoms in total. The number of carbonyl (C=O) groups excluding carboxylic acids is 1. The van der Waals surface area contributed by atoms with Gasteiger partial charge in [-0.05, 0) is 35.4 Å². The molecule has 4 aromatic rings. The number of nitrogens with one attached hydrogen (secondary N) is 1. The Balaban J connectivity index is 2.05. The Morgan fingerprint density at radius 2 is 2.08 bits per heavy atom. The number of Topliss-reactive ketones (excluding diaryl/α,β-unsaturated/α-hetero) is 1. The molecule has 0 fully saturated rings. The van der Waals surface area contributed by atoms with Crippen molar-refractivity contribution < 1.29 is 9.90 Å². The molecule has 124 valence electrons. The molecule has 5 heteroatoms. The molecule has 0 amide bonds. The van der Waals surface area contributed by atoms with Crippen molar-refractivity contribution in [3.05, 3.63) is 59.2 Å². The number of nitrogens with zero attached hydrogens (tertiary/aromatic N) is 1. The number of carbonyl (C=O) groups is 1. The number of benzene rings is 2. The lowest BCUT2D eigenvalue weighted by Gasteiger charge is -2.08. The average Bonchev–Trinajstić information content (AvgIpc) is 3.01. The highest BCUT2D eigenvalue weighted by Gasteiger charge is 2.15. The Bertz CT molecular complexity index is 1130. The molecule has 0 unspecified atom stereocenters. The predicted octanol–water partition coefficient (Wildman–Crippen LogP) is 5.33. The van der Waals surface area contributed by atoms with E-state index in [1.165, 1.54) is 0 Å². The van der Waals surface area contributed by atoms with Gasteiger partial charge in [-0.2, -0.15) is 0 Å². The fourth-order valence-electron chi connectivity index (χ4n) is 3.15. The number of ketones is 1. The molecule has 0 saturated carbocycles. The van der Waals surface area contributed by atoms with Crippen molar-refractivity contribution in [1.29, 1.82) is 0 Å². The van der Waals surface area contributed by atoms with Gasteiger partial charge in [-0.15, -0.1) is 0 Å². The maximum absolute atomic E-state index is 12.0. The number of fused-ring (bicyclic) bond motifs is 3. The lowest BCUT2D eigenvalue weighted by atomic mass is 9.96. The van der Waals surface area contributed by atoms with E-state index in [0.717, 1.165) is 21.9 Å². The molecule has 2 aromatic carbocycles. The minimum absolute atomic E-state index is 0.0977. The van der Waals surface area contributed by atoms with Gasteiger partial charge in [-0.1, -0.05) is 36.7 Å². The van der Waals surface area contributed by atoms with Crippen molar-refractivity contribution in [2.24, 2.45) is 0 Å². The van der Waals surface area contributed by atoms with Gasteiger partial charge >= 0.3 is 0 Å². The third kappa shape index (κ3) is 2.55. The minimum atomic E-state index is 0.0977. The number of hydrogen-bond donors (Lipinski definition) is 2. The zero-order valence-corrected chi connectivity index (χ0v) is 14.3. The summed E-state index contributed by atoms with van der Waals surface area (Å²) in [4.78, 5) is 19.5. The zero-order chi connectivity index (χ0) is 17.6. The molecular formula is C20H15ClN2O2. The quantitative estimate of drug-likeness (QED) is 0.490. The highest BCUT2D eigenvalue weighted by molar-refractivity contribution is 6.31. The van der Waals surface area contributed by atoms with Crippen LogP contribution in [0.2, 0.25) is 5.02 Å². The number of aromatic amines is 1. The standard InChI is InChI=1S/C20H15ClN2O2/c1-2-16(24)12-5-3-4-11(8-12)14-6-7-17(25)19-18(14)15-9-13(21)10-22-20(15)23-19/h3-10,25H,2H2,1H3,(H,22,23). The summed E-state index contributed by atoms with van der Waals surface area (Å²) in [7, 11) is 0. The van der Waals surface area contributed by atoms with E-state index in [-0.39, 0.29) is 11.5 Å². The molecule has 0 aliphatic heterocycles. The Morgan fingerprint density at radius 1 is 1.24 bits per heavy atom. The number of H-pyrrole nitrogens is 1. The fourth-order valence-corrected chi connectivity index (χ4v) is 3.31. The molecule has 0 saturated heterocycles. The third-order valence-electron chi connectivity index (χ3n) is 4.37.